The van der Waals surface area contributed by atoms with Gasteiger partial charge >= 0.3 is 5.97 Å². The largest absolute Gasteiger partial charge is 0.493 e. The summed E-state index contributed by atoms with van der Waals surface area (Å²) in [5.41, 5.74) is 6.78. The molecule has 2 N–H and O–H groups in total. The van der Waals surface area contributed by atoms with E-state index in [4.69, 9.17) is 15.2 Å². The minimum Gasteiger partial charge on any atom is -0.493 e. The lowest BCUT2D eigenvalue weighted by atomic mass is 10.0. The highest BCUT2D eigenvalue weighted by Crippen LogP contribution is 2.30. The zero-order chi connectivity index (χ0) is 14.3. The van der Waals surface area contributed by atoms with Crippen molar-refractivity contribution in [1.29, 1.82) is 0 Å². The number of methoxy groups -OCH3 is 2. The SMILES string of the molecule is CCCOc1cc(C(N)CC(=O)OC)ccc1OC. The molecule has 0 amide bonds. The van der Waals surface area contributed by atoms with E-state index in [2.05, 4.69) is 4.74 Å². The first kappa shape index (κ1) is 15.3. The van der Waals surface area contributed by atoms with Gasteiger partial charge in [0, 0.05) is 6.04 Å². The van der Waals surface area contributed by atoms with Gasteiger partial charge in [0.25, 0.3) is 0 Å². The minimum atomic E-state index is -0.415. The van der Waals surface area contributed by atoms with E-state index in [-0.39, 0.29) is 12.4 Å². The Hall–Kier alpha value is -1.75. The Morgan fingerprint density at radius 1 is 1.32 bits per heavy atom. The lowest BCUT2D eigenvalue weighted by molar-refractivity contribution is -0.141. The van der Waals surface area contributed by atoms with E-state index in [1.54, 1.807) is 13.2 Å². The van der Waals surface area contributed by atoms with Gasteiger partial charge in [-0.05, 0) is 24.1 Å². The number of carbonyl (C=O) groups is 1. The number of ether oxygens (including phenoxy) is 3. The Labute approximate surface area is 113 Å². The molecule has 0 saturated heterocycles. The highest BCUT2D eigenvalue weighted by molar-refractivity contribution is 5.70. The maximum atomic E-state index is 11.2. The molecule has 0 heterocycles. The van der Waals surface area contributed by atoms with Gasteiger partial charge < -0.3 is 19.9 Å². The Bertz CT molecular complexity index is 420. The van der Waals surface area contributed by atoms with Crippen LogP contribution in [-0.4, -0.2) is 26.8 Å². The van der Waals surface area contributed by atoms with Gasteiger partial charge in [0.1, 0.15) is 0 Å². The molecule has 0 aliphatic heterocycles. The average molecular weight is 267 g/mol. The summed E-state index contributed by atoms with van der Waals surface area (Å²) in [4.78, 5) is 11.2. The number of hydrogen-bond acceptors (Lipinski definition) is 5. The summed E-state index contributed by atoms with van der Waals surface area (Å²) in [6.45, 7) is 2.63. The van der Waals surface area contributed by atoms with E-state index in [1.165, 1.54) is 7.11 Å². The molecule has 0 aliphatic carbocycles. The van der Waals surface area contributed by atoms with Crippen molar-refractivity contribution in [2.24, 2.45) is 5.73 Å². The van der Waals surface area contributed by atoms with Crippen molar-refractivity contribution in [1.82, 2.24) is 0 Å². The number of carbonyl (C=O) groups excluding carboxylic acids is 1. The first-order chi connectivity index (χ1) is 9.12. The maximum Gasteiger partial charge on any atom is 0.307 e. The first-order valence-electron chi connectivity index (χ1n) is 6.25. The number of esters is 1. The van der Waals surface area contributed by atoms with Gasteiger partial charge in [0.15, 0.2) is 11.5 Å². The van der Waals surface area contributed by atoms with E-state index in [9.17, 15) is 4.79 Å². The highest BCUT2D eigenvalue weighted by atomic mass is 16.5. The van der Waals surface area contributed by atoms with Crippen molar-refractivity contribution in [2.75, 3.05) is 20.8 Å². The zero-order valence-corrected chi connectivity index (χ0v) is 11.6. The van der Waals surface area contributed by atoms with Crippen LogP contribution < -0.4 is 15.2 Å². The summed E-state index contributed by atoms with van der Waals surface area (Å²) in [5.74, 6) is 0.962. The fraction of sp³-hybridized carbons (Fsp3) is 0.500. The maximum absolute atomic E-state index is 11.2. The Kier molecular flexibility index (Phi) is 6.15. The topological polar surface area (TPSA) is 70.8 Å². The first-order valence-corrected chi connectivity index (χ1v) is 6.25. The molecule has 106 valence electrons. The quantitative estimate of drug-likeness (QED) is 0.765. The van der Waals surface area contributed by atoms with Crippen LogP contribution in [0.1, 0.15) is 31.4 Å². The van der Waals surface area contributed by atoms with Crippen LogP contribution in [0.3, 0.4) is 0 Å². The van der Waals surface area contributed by atoms with E-state index >= 15 is 0 Å². The van der Waals surface area contributed by atoms with E-state index in [0.717, 1.165) is 12.0 Å². The zero-order valence-electron chi connectivity index (χ0n) is 11.6. The molecule has 1 rings (SSSR count). The van der Waals surface area contributed by atoms with Crippen molar-refractivity contribution in [3.8, 4) is 11.5 Å². The van der Waals surface area contributed by atoms with Crippen LogP contribution in [0.25, 0.3) is 0 Å². The van der Waals surface area contributed by atoms with Crippen LogP contribution in [0.15, 0.2) is 18.2 Å². The summed E-state index contributed by atoms with van der Waals surface area (Å²) in [7, 11) is 2.93. The second-order valence-electron chi connectivity index (χ2n) is 4.15. The second-order valence-corrected chi connectivity index (χ2v) is 4.15. The van der Waals surface area contributed by atoms with Crippen molar-refractivity contribution in [2.45, 2.75) is 25.8 Å². The van der Waals surface area contributed by atoms with E-state index in [1.807, 2.05) is 19.1 Å². The van der Waals surface area contributed by atoms with Crippen molar-refractivity contribution < 1.29 is 19.0 Å². The molecule has 1 atom stereocenters. The number of hydrogen-bond donors (Lipinski definition) is 1. The molecule has 0 aliphatic rings. The molecule has 0 aromatic heterocycles. The molecule has 0 saturated carbocycles. The van der Waals surface area contributed by atoms with Crippen LogP contribution in [0, 0.1) is 0 Å². The molecule has 0 spiro atoms. The van der Waals surface area contributed by atoms with Gasteiger partial charge in [-0.1, -0.05) is 13.0 Å². The summed E-state index contributed by atoms with van der Waals surface area (Å²) < 4.78 is 15.4. The summed E-state index contributed by atoms with van der Waals surface area (Å²) in [6, 6.07) is 5.01. The smallest absolute Gasteiger partial charge is 0.307 e. The van der Waals surface area contributed by atoms with Gasteiger partial charge in [-0.15, -0.1) is 0 Å². The second kappa shape index (κ2) is 7.63. The van der Waals surface area contributed by atoms with Crippen molar-refractivity contribution in [3.05, 3.63) is 23.8 Å². The molecule has 0 radical (unpaired) electrons. The van der Waals surface area contributed by atoms with Crippen LogP contribution in [0.2, 0.25) is 0 Å². The van der Waals surface area contributed by atoms with Gasteiger partial charge in [-0.2, -0.15) is 0 Å². The number of benzene rings is 1. The Morgan fingerprint density at radius 2 is 2.05 bits per heavy atom. The number of rotatable bonds is 7. The van der Waals surface area contributed by atoms with Gasteiger partial charge in [-0.25, -0.2) is 0 Å². The molecule has 5 heteroatoms. The molecule has 1 aromatic carbocycles. The van der Waals surface area contributed by atoms with Crippen molar-refractivity contribution >= 4 is 5.97 Å². The number of nitrogens with two attached hydrogens (primary N) is 1. The standard InChI is InChI=1S/C14H21NO4/c1-4-7-19-13-8-10(5-6-12(13)17-2)11(15)9-14(16)18-3/h5-6,8,11H,4,7,9,15H2,1-3H3. The van der Waals surface area contributed by atoms with Crippen molar-refractivity contribution in [3.63, 3.8) is 0 Å². The fourth-order valence-corrected chi connectivity index (χ4v) is 1.63. The predicted octanol–water partition coefficient (Wildman–Crippen LogP) is 2.05. The lowest BCUT2D eigenvalue weighted by Crippen LogP contribution is -2.16. The molecule has 5 nitrogen and oxygen atoms in total. The molecule has 1 aromatic rings. The molecule has 1 unspecified atom stereocenters. The van der Waals surface area contributed by atoms with Gasteiger partial charge in [0.2, 0.25) is 0 Å². The molecule has 0 fully saturated rings. The molecule has 19 heavy (non-hydrogen) atoms. The van der Waals surface area contributed by atoms with Crippen LogP contribution in [0.4, 0.5) is 0 Å². The van der Waals surface area contributed by atoms with Crippen LogP contribution in [0.5, 0.6) is 11.5 Å². The van der Waals surface area contributed by atoms with E-state index in [0.29, 0.717) is 18.1 Å². The molecular weight excluding hydrogens is 246 g/mol. The minimum absolute atomic E-state index is 0.135. The lowest BCUT2D eigenvalue weighted by Gasteiger charge is -2.15. The fourth-order valence-electron chi connectivity index (χ4n) is 1.63. The Balaban J connectivity index is 2.87. The normalized spacial score (nSPS) is 11.8. The monoisotopic (exact) mass is 267 g/mol. The summed E-state index contributed by atoms with van der Waals surface area (Å²) in [5, 5.41) is 0. The van der Waals surface area contributed by atoms with Crippen LogP contribution >= 0.6 is 0 Å². The predicted molar refractivity (Wildman–Crippen MR) is 72.3 cm³/mol. The van der Waals surface area contributed by atoms with E-state index < -0.39 is 6.04 Å². The summed E-state index contributed by atoms with van der Waals surface area (Å²) in [6.07, 6.45) is 1.04. The third-order valence-corrected chi connectivity index (χ3v) is 2.69. The highest BCUT2D eigenvalue weighted by Gasteiger charge is 2.14. The third-order valence-electron chi connectivity index (χ3n) is 2.69. The Morgan fingerprint density at radius 3 is 2.63 bits per heavy atom. The third kappa shape index (κ3) is 4.44. The average Bonchev–Trinajstić information content (AvgIpc) is 2.44. The summed E-state index contributed by atoms with van der Waals surface area (Å²) >= 11 is 0. The van der Waals surface area contributed by atoms with Gasteiger partial charge in [0.05, 0.1) is 27.2 Å². The van der Waals surface area contributed by atoms with Crippen LogP contribution in [-0.2, 0) is 9.53 Å². The molecular formula is C14H21NO4. The van der Waals surface area contributed by atoms with Gasteiger partial charge in [-0.3, -0.25) is 4.79 Å². The molecule has 0 bridgehead atoms.